The van der Waals surface area contributed by atoms with Crippen LogP contribution in [0.2, 0.25) is 10.0 Å². The first kappa shape index (κ1) is 23.8. The Morgan fingerprint density at radius 1 is 1.32 bits per heavy atom. The molecule has 2 aromatic rings. The van der Waals surface area contributed by atoms with Crippen LogP contribution in [0, 0.1) is 19.8 Å². The summed E-state index contributed by atoms with van der Waals surface area (Å²) in [5.74, 6) is -2.07. The van der Waals surface area contributed by atoms with Crippen LogP contribution in [0.5, 0.6) is 0 Å². The predicted molar refractivity (Wildman–Crippen MR) is 121 cm³/mol. The normalized spacial score (nSPS) is 19.5. The molecule has 13 heteroatoms. The lowest BCUT2D eigenvalue weighted by Crippen LogP contribution is -2.53. The zero-order chi connectivity index (χ0) is 23.1. The number of anilines is 1. The summed E-state index contributed by atoms with van der Waals surface area (Å²) in [5.41, 5.74) is 1.11. The fraction of sp³-hybridized carbons (Fsp3) is 0.500. The highest BCUT2D eigenvalue weighted by molar-refractivity contribution is 7.90. The number of aromatic amines is 1. The highest BCUT2D eigenvalue weighted by atomic mass is 35.5. The number of thiazole rings is 1. The number of hydrogen-bond donors (Lipinski definition) is 3. The quantitative estimate of drug-likeness (QED) is 0.546. The number of aryl methyl sites for hydroxylation is 2. The Kier molecular flexibility index (Phi) is 6.90. The van der Waals surface area contributed by atoms with Crippen LogP contribution in [-0.2, 0) is 9.84 Å². The van der Waals surface area contributed by atoms with Crippen LogP contribution in [0.25, 0.3) is 0 Å². The lowest BCUT2D eigenvalue weighted by molar-refractivity contribution is 0.0700. The Morgan fingerprint density at radius 2 is 2.00 bits per heavy atom. The van der Waals surface area contributed by atoms with Crippen molar-refractivity contribution in [3.63, 3.8) is 0 Å². The third-order valence-corrected chi connectivity index (χ3v) is 8.29. The van der Waals surface area contributed by atoms with Gasteiger partial charge in [0.1, 0.15) is 20.4 Å². The van der Waals surface area contributed by atoms with E-state index < -0.39 is 33.7 Å². The molecule has 0 aliphatic carbocycles. The Morgan fingerprint density at radius 3 is 2.52 bits per heavy atom. The van der Waals surface area contributed by atoms with Gasteiger partial charge in [-0.25, -0.2) is 18.2 Å². The van der Waals surface area contributed by atoms with E-state index in [1.54, 1.807) is 13.8 Å². The van der Waals surface area contributed by atoms with E-state index in [-0.39, 0.29) is 26.4 Å². The number of carboxylic acid groups (broad SMARTS) is 1. The Labute approximate surface area is 193 Å². The average molecular weight is 509 g/mol. The van der Waals surface area contributed by atoms with E-state index in [4.69, 9.17) is 23.2 Å². The molecule has 1 aliphatic heterocycles. The van der Waals surface area contributed by atoms with Crippen molar-refractivity contribution in [2.24, 2.45) is 5.92 Å². The van der Waals surface area contributed by atoms with Gasteiger partial charge in [0.15, 0.2) is 5.13 Å². The highest BCUT2D eigenvalue weighted by Crippen LogP contribution is 2.32. The molecule has 2 unspecified atom stereocenters. The van der Waals surface area contributed by atoms with Crippen LogP contribution in [0.1, 0.15) is 38.0 Å². The zero-order valence-electron chi connectivity index (χ0n) is 17.0. The molecule has 1 aliphatic rings. The molecule has 170 valence electrons. The van der Waals surface area contributed by atoms with Crippen LogP contribution in [0.3, 0.4) is 0 Å². The molecular formula is C18H22Cl2N4O5S2. The van der Waals surface area contributed by atoms with Crippen LogP contribution >= 0.6 is 34.5 Å². The molecule has 1 amide bonds. The van der Waals surface area contributed by atoms with Gasteiger partial charge in [-0.1, -0.05) is 34.5 Å². The molecule has 1 saturated heterocycles. The molecule has 1 fully saturated rings. The largest absolute Gasteiger partial charge is 0.477 e. The molecule has 0 spiro atoms. The molecule has 0 aromatic carbocycles. The second-order valence-electron chi connectivity index (χ2n) is 7.64. The number of piperidine rings is 1. The van der Waals surface area contributed by atoms with Crippen LogP contribution in [0.4, 0.5) is 5.13 Å². The highest BCUT2D eigenvalue weighted by Gasteiger charge is 2.35. The molecule has 9 nitrogen and oxygen atoms in total. The van der Waals surface area contributed by atoms with Crippen molar-refractivity contribution < 1.29 is 23.1 Å². The number of aromatic carboxylic acids is 1. The smallest absolute Gasteiger partial charge is 0.347 e. The molecule has 2 aromatic heterocycles. The van der Waals surface area contributed by atoms with Crippen molar-refractivity contribution in [2.75, 3.05) is 30.0 Å². The van der Waals surface area contributed by atoms with E-state index in [1.807, 2.05) is 4.90 Å². The number of carbonyl (C=O) groups excluding carboxylic acids is 1. The molecular weight excluding hydrogens is 487 g/mol. The minimum atomic E-state index is -3.33. The maximum atomic E-state index is 12.8. The van der Waals surface area contributed by atoms with Gasteiger partial charge in [-0.2, -0.15) is 0 Å². The van der Waals surface area contributed by atoms with Gasteiger partial charge in [0.25, 0.3) is 5.91 Å². The van der Waals surface area contributed by atoms with Gasteiger partial charge >= 0.3 is 5.97 Å². The van der Waals surface area contributed by atoms with Crippen molar-refractivity contribution in [1.29, 1.82) is 0 Å². The topological polar surface area (TPSA) is 132 Å². The van der Waals surface area contributed by atoms with Crippen LogP contribution in [-0.4, -0.2) is 66.5 Å². The van der Waals surface area contributed by atoms with E-state index >= 15 is 0 Å². The number of sulfone groups is 1. The van der Waals surface area contributed by atoms with Gasteiger partial charge in [-0.05, 0) is 20.3 Å². The standard InChI is InChI=1S/C18H22Cl2N4O5S2/c1-8-12(19)13(20)14(21-8)16(25)23-11-4-5-24(6-10(11)7-31(3,28)29)18-22-9(2)15(30-18)17(26)27/h10-11,21H,4-7H2,1-3H3,(H,23,25)(H,26,27). The number of carbonyl (C=O) groups is 2. The monoisotopic (exact) mass is 508 g/mol. The fourth-order valence-corrected chi connectivity index (χ4v) is 6.11. The van der Waals surface area contributed by atoms with Gasteiger partial charge in [0.05, 0.1) is 21.5 Å². The minimum absolute atomic E-state index is 0.119. The van der Waals surface area contributed by atoms with Crippen LogP contribution < -0.4 is 10.2 Å². The van der Waals surface area contributed by atoms with E-state index in [0.717, 1.165) is 17.6 Å². The summed E-state index contributed by atoms with van der Waals surface area (Å²) in [4.78, 5) is 33.3. The first-order valence-corrected chi connectivity index (χ1v) is 13.0. The average Bonchev–Trinajstić information content (AvgIpc) is 3.17. The molecule has 0 bridgehead atoms. The summed E-state index contributed by atoms with van der Waals surface area (Å²) < 4.78 is 24.1. The number of H-pyrrole nitrogens is 1. The van der Waals surface area contributed by atoms with Crippen LogP contribution in [0.15, 0.2) is 0 Å². The Balaban J connectivity index is 1.81. The van der Waals surface area contributed by atoms with Crippen molar-refractivity contribution in [3.8, 4) is 0 Å². The Hall–Kier alpha value is -1.82. The zero-order valence-corrected chi connectivity index (χ0v) is 20.2. The summed E-state index contributed by atoms with van der Waals surface area (Å²) in [6, 6.07) is -0.420. The summed E-state index contributed by atoms with van der Waals surface area (Å²) in [5, 5.41) is 13.1. The van der Waals surface area contributed by atoms with Crippen molar-refractivity contribution in [2.45, 2.75) is 26.3 Å². The number of amides is 1. The summed E-state index contributed by atoms with van der Waals surface area (Å²) in [6.45, 7) is 4.10. The van der Waals surface area contributed by atoms with Crippen molar-refractivity contribution in [3.05, 3.63) is 32.0 Å². The third kappa shape index (κ3) is 5.33. The molecule has 3 N–H and O–H groups in total. The number of halogens is 2. The third-order valence-electron chi connectivity index (χ3n) is 5.10. The van der Waals surface area contributed by atoms with Gasteiger partial charge in [-0.15, -0.1) is 0 Å². The molecule has 0 saturated carbocycles. The maximum absolute atomic E-state index is 12.8. The molecule has 2 atom stereocenters. The van der Waals surface area contributed by atoms with E-state index in [1.165, 1.54) is 0 Å². The van der Waals surface area contributed by atoms with Crippen molar-refractivity contribution in [1.82, 2.24) is 15.3 Å². The minimum Gasteiger partial charge on any atom is -0.477 e. The van der Waals surface area contributed by atoms with Crippen molar-refractivity contribution >= 4 is 61.4 Å². The number of rotatable bonds is 6. The van der Waals surface area contributed by atoms with E-state index in [2.05, 4.69) is 15.3 Å². The second kappa shape index (κ2) is 8.97. The summed E-state index contributed by atoms with van der Waals surface area (Å²) >= 11 is 13.2. The molecule has 31 heavy (non-hydrogen) atoms. The first-order chi connectivity index (χ1) is 14.4. The molecule has 3 rings (SSSR count). The van der Waals surface area contributed by atoms with E-state index in [9.17, 15) is 23.1 Å². The number of nitrogens with one attached hydrogen (secondary N) is 2. The number of hydrogen-bond acceptors (Lipinski definition) is 7. The number of nitrogens with zero attached hydrogens (tertiary/aromatic N) is 2. The van der Waals surface area contributed by atoms with Gasteiger partial charge in [0, 0.05) is 37.0 Å². The maximum Gasteiger partial charge on any atom is 0.347 e. The summed E-state index contributed by atoms with van der Waals surface area (Å²) in [7, 11) is -3.33. The van der Waals surface area contributed by atoms with Gasteiger partial charge in [-0.3, -0.25) is 4.79 Å². The predicted octanol–water partition coefficient (Wildman–Crippen LogP) is 2.76. The molecule has 0 radical (unpaired) electrons. The van der Waals surface area contributed by atoms with Gasteiger partial charge < -0.3 is 20.3 Å². The SMILES string of the molecule is Cc1nc(N2CCC(NC(=O)c3[nH]c(C)c(Cl)c3Cl)C(CS(C)(=O)=O)C2)sc1C(=O)O. The van der Waals surface area contributed by atoms with Gasteiger partial charge in [0.2, 0.25) is 0 Å². The lowest BCUT2D eigenvalue weighted by Gasteiger charge is -2.38. The fourth-order valence-electron chi connectivity index (χ4n) is 3.64. The number of aromatic nitrogens is 2. The summed E-state index contributed by atoms with van der Waals surface area (Å²) in [6.07, 6.45) is 1.60. The second-order valence-corrected chi connectivity index (χ2v) is 11.6. The van der Waals surface area contributed by atoms with E-state index in [0.29, 0.717) is 36.0 Å². The molecule has 3 heterocycles. The Bertz CT molecular complexity index is 1130. The lowest BCUT2D eigenvalue weighted by atomic mass is 9.93. The first-order valence-electron chi connectivity index (χ1n) is 9.35. The number of carboxylic acids is 1.